The fourth-order valence-electron chi connectivity index (χ4n) is 2.15. The van der Waals surface area contributed by atoms with Crippen LogP contribution in [-0.4, -0.2) is 16.1 Å². The van der Waals surface area contributed by atoms with Gasteiger partial charge in [0.25, 0.3) is 0 Å². The molecular weight excluding hydrogens is 282 g/mol. The minimum absolute atomic E-state index is 0.287. The van der Waals surface area contributed by atoms with Gasteiger partial charge in [0.2, 0.25) is 0 Å². The molecule has 0 aliphatic rings. The molecule has 3 rings (SSSR count). The normalized spacial score (nSPS) is 10.5. The summed E-state index contributed by atoms with van der Waals surface area (Å²) in [6.45, 7) is 2.07. The second kappa shape index (κ2) is 5.50. The van der Waals surface area contributed by atoms with E-state index in [9.17, 15) is 4.79 Å². The van der Waals surface area contributed by atoms with Crippen LogP contribution in [0.5, 0.6) is 0 Å². The summed E-state index contributed by atoms with van der Waals surface area (Å²) in [6.07, 6.45) is 0. The van der Waals surface area contributed by atoms with E-state index >= 15 is 0 Å². The number of aromatic carboxylic acids is 1. The first-order valence-electron chi connectivity index (χ1n) is 6.50. The SMILES string of the molecule is Cc1ccccc1-c1csc(-c2ccc(C(=O)O)cc2)n1. The molecule has 1 heterocycles. The van der Waals surface area contributed by atoms with Crippen LogP contribution >= 0.6 is 11.3 Å². The van der Waals surface area contributed by atoms with Gasteiger partial charge in [-0.2, -0.15) is 0 Å². The van der Waals surface area contributed by atoms with Gasteiger partial charge < -0.3 is 5.11 Å². The number of hydrogen-bond donors (Lipinski definition) is 1. The van der Waals surface area contributed by atoms with Gasteiger partial charge >= 0.3 is 5.97 Å². The van der Waals surface area contributed by atoms with Gasteiger partial charge in [-0.1, -0.05) is 36.4 Å². The van der Waals surface area contributed by atoms with Gasteiger partial charge in [0, 0.05) is 16.5 Å². The van der Waals surface area contributed by atoms with Crippen LogP contribution in [0.25, 0.3) is 21.8 Å². The quantitative estimate of drug-likeness (QED) is 0.775. The van der Waals surface area contributed by atoms with Crippen LogP contribution < -0.4 is 0 Å². The molecule has 0 aliphatic heterocycles. The molecule has 0 unspecified atom stereocenters. The Balaban J connectivity index is 1.95. The Morgan fingerprint density at radius 3 is 2.48 bits per heavy atom. The van der Waals surface area contributed by atoms with E-state index < -0.39 is 5.97 Å². The summed E-state index contributed by atoms with van der Waals surface area (Å²) in [5, 5.41) is 11.8. The number of carboxylic acids is 1. The number of hydrogen-bond acceptors (Lipinski definition) is 3. The molecule has 0 fully saturated rings. The topological polar surface area (TPSA) is 50.2 Å². The zero-order valence-electron chi connectivity index (χ0n) is 11.4. The molecule has 104 valence electrons. The Kier molecular flexibility index (Phi) is 3.54. The molecule has 21 heavy (non-hydrogen) atoms. The van der Waals surface area contributed by atoms with E-state index in [-0.39, 0.29) is 5.56 Å². The highest BCUT2D eigenvalue weighted by Gasteiger charge is 2.09. The minimum Gasteiger partial charge on any atom is -0.478 e. The van der Waals surface area contributed by atoms with E-state index in [1.807, 2.05) is 17.5 Å². The van der Waals surface area contributed by atoms with Crippen LogP contribution in [0.15, 0.2) is 53.9 Å². The molecule has 0 atom stereocenters. The maximum atomic E-state index is 10.9. The molecule has 1 N–H and O–H groups in total. The summed E-state index contributed by atoms with van der Waals surface area (Å²) in [5.74, 6) is -0.915. The third kappa shape index (κ3) is 2.71. The number of carboxylic acid groups (broad SMARTS) is 1. The van der Waals surface area contributed by atoms with Gasteiger partial charge in [-0.05, 0) is 24.6 Å². The van der Waals surface area contributed by atoms with Gasteiger partial charge in [-0.15, -0.1) is 11.3 Å². The number of carbonyl (C=O) groups is 1. The van der Waals surface area contributed by atoms with Crippen LogP contribution in [0.2, 0.25) is 0 Å². The van der Waals surface area contributed by atoms with Gasteiger partial charge in [-0.3, -0.25) is 0 Å². The van der Waals surface area contributed by atoms with Crippen molar-refractivity contribution in [3.63, 3.8) is 0 Å². The van der Waals surface area contributed by atoms with Gasteiger partial charge in [-0.25, -0.2) is 9.78 Å². The Morgan fingerprint density at radius 1 is 1.10 bits per heavy atom. The summed E-state index contributed by atoms with van der Waals surface area (Å²) in [7, 11) is 0. The monoisotopic (exact) mass is 295 g/mol. The van der Waals surface area contributed by atoms with Crippen molar-refractivity contribution in [3.05, 3.63) is 65.0 Å². The lowest BCUT2D eigenvalue weighted by molar-refractivity contribution is 0.0697. The summed E-state index contributed by atoms with van der Waals surface area (Å²) in [6, 6.07) is 14.9. The first-order chi connectivity index (χ1) is 10.1. The van der Waals surface area contributed by atoms with Crippen molar-refractivity contribution in [2.24, 2.45) is 0 Å². The maximum Gasteiger partial charge on any atom is 0.335 e. The molecule has 0 spiro atoms. The fourth-order valence-corrected chi connectivity index (χ4v) is 2.97. The summed E-state index contributed by atoms with van der Waals surface area (Å²) in [5.41, 5.74) is 4.49. The van der Waals surface area contributed by atoms with Gasteiger partial charge in [0.1, 0.15) is 5.01 Å². The Hall–Kier alpha value is -2.46. The van der Waals surface area contributed by atoms with Crippen molar-refractivity contribution < 1.29 is 9.90 Å². The summed E-state index contributed by atoms with van der Waals surface area (Å²) < 4.78 is 0. The highest BCUT2D eigenvalue weighted by atomic mass is 32.1. The standard InChI is InChI=1S/C17H13NO2S/c1-11-4-2-3-5-14(11)15-10-21-16(18-15)12-6-8-13(9-7-12)17(19)20/h2-10H,1H3,(H,19,20). The Labute approximate surface area is 126 Å². The number of rotatable bonds is 3. The van der Waals surface area contributed by atoms with Crippen molar-refractivity contribution in [2.45, 2.75) is 6.92 Å². The van der Waals surface area contributed by atoms with Crippen molar-refractivity contribution in [2.75, 3.05) is 0 Å². The second-order valence-electron chi connectivity index (χ2n) is 4.74. The van der Waals surface area contributed by atoms with Crippen LogP contribution in [0.1, 0.15) is 15.9 Å². The number of aromatic nitrogens is 1. The molecule has 0 saturated carbocycles. The van der Waals surface area contributed by atoms with Crippen LogP contribution in [-0.2, 0) is 0 Å². The zero-order valence-corrected chi connectivity index (χ0v) is 12.2. The first-order valence-corrected chi connectivity index (χ1v) is 7.38. The van der Waals surface area contributed by atoms with Gasteiger partial charge in [0.15, 0.2) is 0 Å². The predicted octanol–water partition coefficient (Wildman–Crippen LogP) is 4.48. The Bertz CT molecular complexity index is 791. The summed E-state index contributed by atoms with van der Waals surface area (Å²) >= 11 is 1.56. The van der Waals surface area contributed by atoms with Crippen LogP contribution in [0.3, 0.4) is 0 Å². The molecular formula is C17H13NO2S. The highest BCUT2D eigenvalue weighted by Crippen LogP contribution is 2.30. The van der Waals surface area contributed by atoms with E-state index in [1.54, 1.807) is 35.6 Å². The largest absolute Gasteiger partial charge is 0.478 e. The lowest BCUT2D eigenvalue weighted by Gasteiger charge is -2.01. The molecule has 4 heteroatoms. The predicted molar refractivity (Wildman–Crippen MR) is 84.7 cm³/mol. The van der Waals surface area contributed by atoms with E-state index in [0.717, 1.165) is 21.8 Å². The lowest BCUT2D eigenvalue weighted by atomic mass is 10.1. The average molecular weight is 295 g/mol. The van der Waals surface area contributed by atoms with E-state index in [0.29, 0.717) is 0 Å². The number of benzene rings is 2. The summed E-state index contributed by atoms with van der Waals surface area (Å²) in [4.78, 5) is 15.5. The molecule has 0 radical (unpaired) electrons. The molecule has 0 aliphatic carbocycles. The zero-order chi connectivity index (χ0) is 14.8. The van der Waals surface area contributed by atoms with E-state index in [2.05, 4.69) is 24.0 Å². The minimum atomic E-state index is -0.915. The highest BCUT2D eigenvalue weighted by molar-refractivity contribution is 7.13. The van der Waals surface area contributed by atoms with Crippen LogP contribution in [0, 0.1) is 6.92 Å². The van der Waals surface area contributed by atoms with Crippen molar-refractivity contribution in [1.82, 2.24) is 4.98 Å². The third-order valence-electron chi connectivity index (χ3n) is 3.30. The number of aryl methyl sites for hydroxylation is 1. The average Bonchev–Trinajstić information content (AvgIpc) is 2.97. The second-order valence-corrected chi connectivity index (χ2v) is 5.59. The molecule has 3 aromatic rings. The Morgan fingerprint density at radius 2 is 1.81 bits per heavy atom. The molecule has 3 nitrogen and oxygen atoms in total. The van der Waals surface area contributed by atoms with Crippen molar-refractivity contribution in [1.29, 1.82) is 0 Å². The maximum absolute atomic E-state index is 10.9. The smallest absolute Gasteiger partial charge is 0.335 e. The third-order valence-corrected chi connectivity index (χ3v) is 4.20. The van der Waals surface area contributed by atoms with E-state index in [1.165, 1.54) is 5.56 Å². The molecule has 0 amide bonds. The fraction of sp³-hybridized carbons (Fsp3) is 0.0588. The number of thiazole rings is 1. The van der Waals surface area contributed by atoms with Crippen molar-refractivity contribution >= 4 is 17.3 Å². The molecule has 0 bridgehead atoms. The van der Waals surface area contributed by atoms with Crippen LogP contribution in [0.4, 0.5) is 0 Å². The molecule has 1 aromatic heterocycles. The first kappa shape index (κ1) is 13.5. The molecule has 2 aromatic carbocycles. The lowest BCUT2D eigenvalue weighted by Crippen LogP contribution is -1.94. The van der Waals surface area contributed by atoms with Gasteiger partial charge in [0.05, 0.1) is 11.3 Å². The molecule has 0 saturated heterocycles. The van der Waals surface area contributed by atoms with Crippen molar-refractivity contribution in [3.8, 4) is 21.8 Å². The number of nitrogens with zero attached hydrogens (tertiary/aromatic N) is 1. The van der Waals surface area contributed by atoms with E-state index in [4.69, 9.17) is 5.11 Å².